The summed E-state index contributed by atoms with van der Waals surface area (Å²) < 4.78 is 0.892. The molecule has 2 rings (SSSR count). The number of rotatable bonds is 2. The van der Waals surface area contributed by atoms with Crippen molar-refractivity contribution in [1.29, 1.82) is 0 Å². The van der Waals surface area contributed by atoms with Gasteiger partial charge in [0.15, 0.2) is 0 Å². The Balaban J connectivity index is 1.95. The average molecular weight is 264 g/mol. The Bertz CT molecular complexity index is 340. The van der Waals surface area contributed by atoms with E-state index in [1.165, 1.54) is 17.1 Å². The summed E-state index contributed by atoms with van der Waals surface area (Å²) in [6, 6.07) is 0. The second-order valence-corrected chi connectivity index (χ2v) is 7.71. The van der Waals surface area contributed by atoms with Gasteiger partial charge < -0.3 is 0 Å². The highest BCUT2D eigenvalue weighted by atomic mass is 35.5. The second-order valence-electron chi connectivity index (χ2n) is 4.27. The largest absolute Gasteiger partial charge is 0.294 e. The second kappa shape index (κ2) is 4.57. The van der Waals surface area contributed by atoms with Gasteiger partial charge in [0.25, 0.3) is 0 Å². The molecule has 0 radical (unpaired) electrons. The van der Waals surface area contributed by atoms with Crippen LogP contribution in [0, 0.1) is 0 Å². The van der Waals surface area contributed by atoms with Crippen molar-refractivity contribution in [3.8, 4) is 0 Å². The minimum atomic E-state index is 0.354. The molecule has 6 heteroatoms. The highest BCUT2D eigenvalue weighted by Gasteiger charge is 2.27. The summed E-state index contributed by atoms with van der Waals surface area (Å²) in [6.07, 6.45) is 0. The highest BCUT2D eigenvalue weighted by Crippen LogP contribution is 2.30. The maximum Gasteiger partial charge on any atom is 0.207 e. The van der Waals surface area contributed by atoms with E-state index in [2.05, 4.69) is 28.9 Å². The number of nitrogens with zero attached hydrogens (tertiary/aromatic N) is 3. The lowest BCUT2D eigenvalue weighted by Gasteiger charge is -2.36. The van der Waals surface area contributed by atoms with E-state index in [-0.39, 0.29) is 0 Å². The quantitative estimate of drug-likeness (QED) is 0.820. The van der Waals surface area contributed by atoms with E-state index < -0.39 is 0 Å². The maximum atomic E-state index is 5.76. The van der Waals surface area contributed by atoms with Crippen molar-refractivity contribution in [2.45, 2.75) is 25.1 Å². The Morgan fingerprint density at radius 1 is 1.47 bits per heavy atom. The number of thioether (sulfide) groups is 1. The van der Waals surface area contributed by atoms with Crippen molar-refractivity contribution in [3.05, 3.63) is 9.47 Å². The first-order valence-corrected chi connectivity index (χ1v) is 7.07. The lowest BCUT2D eigenvalue weighted by molar-refractivity contribution is 0.251. The zero-order valence-corrected chi connectivity index (χ0v) is 11.3. The molecule has 1 saturated heterocycles. The van der Waals surface area contributed by atoms with Gasteiger partial charge >= 0.3 is 0 Å². The van der Waals surface area contributed by atoms with Crippen LogP contribution in [0.15, 0.2) is 0 Å². The Morgan fingerprint density at radius 2 is 2.27 bits per heavy atom. The van der Waals surface area contributed by atoms with Crippen LogP contribution in [-0.2, 0) is 6.54 Å². The van der Waals surface area contributed by atoms with Crippen LogP contribution in [0.4, 0.5) is 0 Å². The maximum absolute atomic E-state index is 5.76. The topological polar surface area (TPSA) is 29.0 Å². The molecule has 0 aromatic carbocycles. The molecule has 15 heavy (non-hydrogen) atoms. The molecular formula is C9H14ClN3S2. The van der Waals surface area contributed by atoms with Crippen LogP contribution in [0.5, 0.6) is 0 Å². The number of hydrogen-bond acceptors (Lipinski definition) is 5. The van der Waals surface area contributed by atoms with Gasteiger partial charge in [-0.1, -0.05) is 11.3 Å². The summed E-state index contributed by atoms with van der Waals surface area (Å²) in [5.74, 6) is 1.19. The third-order valence-corrected chi connectivity index (χ3v) is 4.61. The van der Waals surface area contributed by atoms with Gasteiger partial charge in [-0.05, 0) is 25.4 Å². The van der Waals surface area contributed by atoms with Crippen molar-refractivity contribution in [3.63, 3.8) is 0 Å². The molecule has 0 spiro atoms. The van der Waals surface area contributed by atoms with Crippen LogP contribution in [0.2, 0.25) is 4.47 Å². The fourth-order valence-corrected chi connectivity index (χ4v) is 3.82. The molecule has 1 fully saturated rings. The molecule has 0 saturated carbocycles. The van der Waals surface area contributed by atoms with Crippen molar-refractivity contribution >= 4 is 34.7 Å². The van der Waals surface area contributed by atoms with Crippen LogP contribution < -0.4 is 0 Å². The third kappa shape index (κ3) is 3.31. The fraction of sp³-hybridized carbons (Fsp3) is 0.778. The smallest absolute Gasteiger partial charge is 0.207 e. The van der Waals surface area contributed by atoms with E-state index in [9.17, 15) is 0 Å². The zero-order valence-electron chi connectivity index (χ0n) is 8.86. The predicted molar refractivity (Wildman–Crippen MR) is 66.7 cm³/mol. The zero-order chi connectivity index (χ0) is 10.9. The highest BCUT2D eigenvalue weighted by molar-refractivity contribution is 8.00. The van der Waals surface area contributed by atoms with Gasteiger partial charge in [-0.15, -0.1) is 10.2 Å². The first kappa shape index (κ1) is 11.6. The van der Waals surface area contributed by atoms with E-state index in [0.29, 0.717) is 9.21 Å². The normalized spacial score (nSPS) is 21.8. The molecule has 1 aromatic rings. The molecule has 1 aliphatic rings. The van der Waals surface area contributed by atoms with Gasteiger partial charge in [-0.2, -0.15) is 11.8 Å². The summed E-state index contributed by atoms with van der Waals surface area (Å²) in [6.45, 7) is 7.70. The Kier molecular flexibility index (Phi) is 3.55. The summed E-state index contributed by atoms with van der Waals surface area (Å²) >= 11 is 9.27. The van der Waals surface area contributed by atoms with Crippen molar-refractivity contribution in [2.75, 3.05) is 18.8 Å². The fourth-order valence-electron chi connectivity index (χ4n) is 1.74. The number of aromatic nitrogens is 2. The molecular weight excluding hydrogens is 250 g/mol. The Hall–Kier alpha value is 0.160. The third-order valence-electron chi connectivity index (χ3n) is 2.31. The monoisotopic (exact) mass is 263 g/mol. The standard InChI is InChI=1S/C9H14ClN3S2/c1-9(2)6-13(3-4-14-9)5-7-11-12-8(10)15-7/h3-6H2,1-2H3. The molecule has 84 valence electrons. The van der Waals surface area contributed by atoms with Gasteiger partial charge in [0.2, 0.25) is 4.47 Å². The van der Waals surface area contributed by atoms with Gasteiger partial charge in [0.1, 0.15) is 5.01 Å². The number of halogens is 1. The molecule has 0 unspecified atom stereocenters. The molecule has 3 nitrogen and oxygen atoms in total. The average Bonchev–Trinajstić information content (AvgIpc) is 2.49. The SMILES string of the molecule is CC1(C)CN(Cc2nnc(Cl)s2)CCS1. The van der Waals surface area contributed by atoms with E-state index in [4.69, 9.17) is 11.6 Å². The van der Waals surface area contributed by atoms with Gasteiger partial charge in [-0.3, -0.25) is 4.90 Å². The summed E-state index contributed by atoms with van der Waals surface area (Å²) in [4.78, 5) is 2.42. The van der Waals surface area contributed by atoms with Crippen LogP contribution in [0.25, 0.3) is 0 Å². The van der Waals surface area contributed by atoms with Gasteiger partial charge in [-0.25, -0.2) is 0 Å². The Labute approximate surface area is 103 Å². The van der Waals surface area contributed by atoms with Crippen LogP contribution in [0.3, 0.4) is 0 Å². The van der Waals surface area contributed by atoms with Crippen LogP contribution in [-0.4, -0.2) is 38.7 Å². The number of hydrogen-bond donors (Lipinski definition) is 0. The molecule has 1 aromatic heterocycles. The minimum Gasteiger partial charge on any atom is -0.294 e. The predicted octanol–water partition coefficient (Wildman–Crippen LogP) is 2.52. The van der Waals surface area contributed by atoms with Gasteiger partial charge in [0, 0.05) is 23.6 Å². The van der Waals surface area contributed by atoms with E-state index in [1.807, 2.05) is 11.8 Å². The summed E-state index contributed by atoms with van der Waals surface area (Å²) in [5, 5.41) is 8.88. The molecule has 0 N–H and O–H groups in total. The van der Waals surface area contributed by atoms with Gasteiger partial charge in [0.05, 0.1) is 6.54 Å². The first-order valence-electron chi connectivity index (χ1n) is 4.89. The van der Waals surface area contributed by atoms with Crippen LogP contribution in [0.1, 0.15) is 18.9 Å². The molecule has 0 aliphatic carbocycles. The molecule has 0 atom stereocenters. The Morgan fingerprint density at radius 3 is 2.87 bits per heavy atom. The van der Waals surface area contributed by atoms with E-state index in [1.54, 1.807) is 0 Å². The molecule has 1 aliphatic heterocycles. The molecule has 2 heterocycles. The molecule has 0 bridgehead atoms. The minimum absolute atomic E-state index is 0.354. The van der Waals surface area contributed by atoms with Crippen molar-refractivity contribution in [2.24, 2.45) is 0 Å². The summed E-state index contributed by atoms with van der Waals surface area (Å²) in [5.41, 5.74) is 0. The summed E-state index contributed by atoms with van der Waals surface area (Å²) in [7, 11) is 0. The first-order chi connectivity index (χ1) is 7.05. The lowest BCUT2D eigenvalue weighted by Crippen LogP contribution is -2.42. The van der Waals surface area contributed by atoms with Crippen molar-refractivity contribution in [1.82, 2.24) is 15.1 Å². The van der Waals surface area contributed by atoms with Crippen molar-refractivity contribution < 1.29 is 0 Å². The lowest BCUT2D eigenvalue weighted by atomic mass is 10.2. The van der Waals surface area contributed by atoms with E-state index >= 15 is 0 Å². The van der Waals surface area contributed by atoms with E-state index in [0.717, 1.165) is 24.6 Å². The van der Waals surface area contributed by atoms with Crippen LogP contribution >= 0.6 is 34.7 Å². The molecule has 0 amide bonds.